The quantitative estimate of drug-likeness (QED) is 0.516. The van der Waals surface area contributed by atoms with E-state index >= 15 is 0 Å². The Labute approximate surface area is 138 Å². The smallest absolute Gasteiger partial charge is 0.252 e. The van der Waals surface area contributed by atoms with E-state index in [4.69, 9.17) is 0 Å². The predicted molar refractivity (Wildman–Crippen MR) is 95.5 cm³/mol. The van der Waals surface area contributed by atoms with Crippen molar-refractivity contribution in [3.63, 3.8) is 0 Å². The highest BCUT2D eigenvalue weighted by Gasteiger charge is 2.28. The van der Waals surface area contributed by atoms with Gasteiger partial charge in [-0.3, -0.25) is 4.79 Å². The summed E-state index contributed by atoms with van der Waals surface area (Å²) in [6.07, 6.45) is 5.91. The minimum Gasteiger partial charge on any atom is -0.361 e. The summed E-state index contributed by atoms with van der Waals surface area (Å²) in [5, 5.41) is 5.29. The second-order valence-corrected chi connectivity index (χ2v) is 6.07. The highest BCUT2D eigenvalue weighted by Crippen LogP contribution is 2.34. The highest BCUT2D eigenvalue weighted by molar-refractivity contribution is 6.24. The molecular formula is C20H15N3O. The Morgan fingerprint density at radius 2 is 1.46 bits per heavy atom. The van der Waals surface area contributed by atoms with Gasteiger partial charge in [0.25, 0.3) is 5.91 Å². The van der Waals surface area contributed by atoms with Crippen LogP contribution in [0.4, 0.5) is 0 Å². The summed E-state index contributed by atoms with van der Waals surface area (Å²) in [6, 6.07) is 16.1. The number of aromatic nitrogens is 2. The van der Waals surface area contributed by atoms with Crippen LogP contribution in [0.5, 0.6) is 0 Å². The van der Waals surface area contributed by atoms with Crippen molar-refractivity contribution in [1.29, 1.82) is 0 Å². The zero-order valence-electron chi connectivity index (χ0n) is 12.8. The maximum atomic E-state index is 12.6. The number of amides is 1. The van der Waals surface area contributed by atoms with Gasteiger partial charge in [-0.15, -0.1) is 0 Å². The zero-order valence-corrected chi connectivity index (χ0v) is 12.8. The van der Waals surface area contributed by atoms with E-state index in [0.717, 1.165) is 38.5 Å². The maximum absolute atomic E-state index is 12.6. The molecule has 4 nitrogen and oxygen atoms in total. The minimum atomic E-state index is -0.114. The lowest BCUT2D eigenvalue weighted by Crippen LogP contribution is -2.20. The van der Waals surface area contributed by atoms with Gasteiger partial charge in [0, 0.05) is 50.9 Å². The normalized spacial score (nSPS) is 17.4. The first-order valence-electron chi connectivity index (χ1n) is 7.96. The lowest BCUT2D eigenvalue weighted by atomic mass is 10.0. The molecule has 2 aromatic carbocycles. The number of aromatic amines is 2. The van der Waals surface area contributed by atoms with Gasteiger partial charge in [0.1, 0.15) is 0 Å². The first kappa shape index (κ1) is 13.2. The van der Waals surface area contributed by atoms with Crippen LogP contribution in [0.3, 0.4) is 0 Å². The number of carbonyl (C=O) groups excluding carboxylic acids is 1. The Balaban J connectivity index is 1.63. The van der Waals surface area contributed by atoms with E-state index in [0.29, 0.717) is 0 Å². The molecule has 1 aliphatic heterocycles. The fraction of sp³-hybridized carbons (Fsp3) is 0.0500. The van der Waals surface area contributed by atoms with E-state index in [9.17, 15) is 4.79 Å². The molecule has 1 atom stereocenters. The number of H-pyrrole nitrogens is 2. The Morgan fingerprint density at radius 3 is 2.29 bits per heavy atom. The van der Waals surface area contributed by atoms with Crippen LogP contribution < -0.4 is 5.32 Å². The summed E-state index contributed by atoms with van der Waals surface area (Å²) in [5.41, 5.74) is 4.88. The number of hydrogen-bond acceptors (Lipinski definition) is 1. The molecule has 0 bridgehead atoms. The van der Waals surface area contributed by atoms with Crippen molar-refractivity contribution in [3.05, 3.63) is 78.1 Å². The zero-order chi connectivity index (χ0) is 16.1. The van der Waals surface area contributed by atoms with Crippen molar-refractivity contribution in [1.82, 2.24) is 15.3 Å². The molecule has 0 saturated carbocycles. The van der Waals surface area contributed by atoms with Crippen LogP contribution >= 0.6 is 0 Å². The van der Waals surface area contributed by atoms with Crippen molar-refractivity contribution in [2.24, 2.45) is 0 Å². The average molecular weight is 313 g/mol. The Kier molecular flexibility index (Phi) is 2.67. The fourth-order valence-electron chi connectivity index (χ4n) is 3.53. The number of nitrogens with one attached hydrogen (secondary N) is 3. The summed E-state index contributed by atoms with van der Waals surface area (Å²) in [4.78, 5) is 19.1. The van der Waals surface area contributed by atoms with Crippen LogP contribution in [0, 0.1) is 0 Å². The molecule has 4 heteroatoms. The number of carbonyl (C=O) groups is 1. The largest absolute Gasteiger partial charge is 0.361 e. The third-order valence-electron chi connectivity index (χ3n) is 4.70. The first-order chi connectivity index (χ1) is 11.8. The molecule has 0 saturated heterocycles. The van der Waals surface area contributed by atoms with Gasteiger partial charge in [-0.05, 0) is 18.2 Å². The molecule has 0 fully saturated rings. The predicted octanol–water partition coefficient (Wildman–Crippen LogP) is 3.90. The molecular weight excluding hydrogens is 298 g/mol. The molecule has 2 aromatic heterocycles. The van der Waals surface area contributed by atoms with Crippen molar-refractivity contribution < 1.29 is 4.79 Å². The SMILES string of the molecule is O=C1NC(c2c[nH]c3ccccc23)C=C1c1c[nH]c2ccccc12. The first-order valence-corrected chi connectivity index (χ1v) is 7.96. The maximum Gasteiger partial charge on any atom is 0.252 e. The van der Waals surface area contributed by atoms with Crippen LogP contribution in [0.15, 0.2) is 67.0 Å². The van der Waals surface area contributed by atoms with E-state index in [1.807, 2.05) is 60.9 Å². The molecule has 1 unspecified atom stereocenters. The number of rotatable bonds is 2. The molecule has 116 valence electrons. The van der Waals surface area contributed by atoms with E-state index < -0.39 is 0 Å². The Bertz CT molecular complexity index is 1120. The van der Waals surface area contributed by atoms with Crippen molar-refractivity contribution in [3.8, 4) is 0 Å². The number of benzene rings is 2. The molecule has 4 aromatic rings. The summed E-state index contributed by atoms with van der Waals surface area (Å²) >= 11 is 0. The van der Waals surface area contributed by atoms with Crippen molar-refractivity contribution in [2.75, 3.05) is 0 Å². The number of fused-ring (bicyclic) bond motifs is 2. The number of para-hydroxylation sites is 2. The van der Waals surface area contributed by atoms with Gasteiger partial charge in [0.15, 0.2) is 0 Å². The lowest BCUT2D eigenvalue weighted by molar-refractivity contribution is -0.115. The standard InChI is InChI=1S/C20H15N3O/c24-20-14(15-10-21-17-7-3-1-5-12(15)17)9-19(23-20)16-11-22-18-8-4-2-6-13(16)18/h1-11,19,21-22H,(H,23,24). The average Bonchev–Trinajstić information content (AvgIpc) is 3.30. The van der Waals surface area contributed by atoms with E-state index in [1.54, 1.807) is 0 Å². The Hall–Kier alpha value is -3.27. The lowest BCUT2D eigenvalue weighted by Gasteiger charge is -2.07. The van der Waals surface area contributed by atoms with Gasteiger partial charge in [-0.1, -0.05) is 36.4 Å². The molecule has 5 rings (SSSR count). The van der Waals surface area contributed by atoms with E-state index in [1.165, 1.54) is 0 Å². The third kappa shape index (κ3) is 1.83. The molecule has 1 amide bonds. The minimum absolute atomic E-state index is 0.0324. The molecule has 3 heterocycles. The second kappa shape index (κ2) is 4.86. The van der Waals surface area contributed by atoms with Gasteiger partial charge < -0.3 is 15.3 Å². The molecule has 0 spiro atoms. The van der Waals surface area contributed by atoms with Crippen LogP contribution in [-0.4, -0.2) is 15.9 Å². The topological polar surface area (TPSA) is 60.7 Å². The van der Waals surface area contributed by atoms with Gasteiger partial charge in [0.05, 0.1) is 6.04 Å². The van der Waals surface area contributed by atoms with Crippen molar-refractivity contribution in [2.45, 2.75) is 6.04 Å². The third-order valence-corrected chi connectivity index (χ3v) is 4.70. The van der Waals surface area contributed by atoms with E-state index in [-0.39, 0.29) is 11.9 Å². The number of hydrogen-bond donors (Lipinski definition) is 3. The van der Waals surface area contributed by atoms with Crippen LogP contribution in [0.2, 0.25) is 0 Å². The summed E-state index contributed by atoms with van der Waals surface area (Å²) < 4.78 is 0. The van der Waals surface area contributed by atoms with Gasteiger partial charge >= 0.3 is 0 Å². The monoisotopic (exact) mass is 313 g/mol. The van der Waals surface area contributed by atoms with Gasteiger partial charge in [-0.25, -0.2) is 0 Å². The van der Waals surface area contributed by atoms with Gasteiger partial charge in [0.2, 0.25) is 0 Å². The van der Waals surface area contributed by atoms with E-state index in [2.05, 4.69) is 21.4 Å². The molecule has 0 radical (unpaired) electrons. The molecule has 3 N–H and O–H groups in total. The highest BCUT2D eigenvalue weighted by atomic mass is 16.2. The summed E-state index contributed by atoms with van der Waals surface area (Å²) in [7, 11) is 0. The van der Waals surface area contributed by atoms with Crippen LogP contribution in [0.25, 0.3) is 27.4 Å². The molecule has 24 heavy (non-hydrogen) atoms. The summed E-state index contributed by atoms with van der Waals surface area (Å²) in [5.74, 6) is -0.0324. The Morgan fingerprint density at radius 1 is 0.792 bits per heavy atom. The van der Waals surface area contributed by atoms with Gasteiger partial charge in [-0.2, -0.15) is 0 Å². The van der Waals surface area contributed by atoms with Crippen LogP contribution in [-0.2, 0) is 4.79 Å². The van der Waals surface area contributed by atoms with Crippen LogP contribution in [0.1, 0.15) is 17.2 Å². The second-order valence-electron chi connectivity index (χ2n) is 6.07. The summed E-state index contributed by atoms with van der Waals surface area (Å²) in [6.45, 7) is 0. The van der Waals surface area contributed by atoms with Crippen molar-refractivity contribution >= 4 is 33.3 Å². The molecule has 1 aliphatic rings. The fourth-order valence-corrected chi connectivity index (χ4v) is 3.53. The molecule has 0 aliphatic carbocycles.